The number of rotatable bonds is 4. The molecule has 3 atom stereocenters. The van der Waals surface area contributed by atoms with Gasteiger partial charge in [0, 0.05) is 18.6 Å². The molecule has 0 spiro atoms. The van der Waals surface area contributed by atoms with Crippen molar-refractivity contribution in [2.24, 2.45) is 5.92 Å². The summed E-state index contributed by atoms with van der Waals surface area (Å²) in [5.41, 5.74) is 0. The SMILES string of the molecule is CNC1COCC1C(=O)N1CCOCC1C(=O)NC1CC1. The van der Waals surface area contributed by atoms with E-state index in [2.05, 4.69) is 10.6 Å². The first-order valence-electron chi connectivity index (χ1n) is 7.64. The Labute approximate surface area is 124 Å². The van der Waals surface area contributed by atoms with Gasteiger partial charge in [-0.2, -0.15) is 0 Å². The van der Waals surface area contributed by atoms with E-state index in [0.717, 1.165) is 12.8 Å². The third kappa shape index (κ3) is 3.20. The first kappa shape index (κ1) is 14.7. The molecule has 2 heterocycles. The third-order valence-corrected chi connectivity index (χ3v) is 4.41. The van der Waals surface area contributed by atoms with E-state index in [-0.39, 0.29) is 36.4 Å². The van der Waals surface area contributed by atoms with Crippen molar-refractivity contribution in [1.29, 1.82) is 0 Å². The molecule has 7 heteroatoms. The number of amides is 2. The zero-order valence-corrected chi connectivity index (χ0v) is 12.3. The van der Waals surface area contributed by atoms with Gasteiger partial charge >= 0.3 is 0 Å². The van der Waals surface area contributed by atoms with E-state index in [1.54, 1.807) is 4.90 Å². The molecule has 2 saturated heterocycles. The summed E-state index contributed by atoms with van der Waals surface area (Å²) in [4.78, 5) is 26.7. The lowest BCUT2D eigenvalue weighted by Crippen LogP contribution is -2.59. The maximum Gasteiger partial charge on any atom is 0.245 e. The quantitative estimate of drug-likeness (QED) is 0.676. The van der Waals surface area contributed by atoms with Gasteiger partial charge in [0.2, 0.25) is 11.8 Å². The van der Waals surface area contributed by atoms with Crippen LogP contribution in [0.25, 0.3) is 0 Å². The van der Waals surface area contributed by atoms with Gasteiger partial charge in [-0.3, -0.25) is 9.59 Å². The highest BCUT2D eigenvalue weighted by Gasteiger charge is 2.41. The summed E-state index contributed by atoms with van der Waals surface area (Å²) >= 11 is 0. The molecule has 118 valence electrons. The van der Waals surface area contributed by atoms with Crippen molar-refractivity contribution < 1.29 is 19.1 Å². The largest absolute Gasteiger partial charge is 0.379 e. The van der Waals surface area contributed by atoms with E-state index in [1.165, 1.54) is 0 Å². The van der Waals surface area contributed by atoms with Gasteiger partial charge in [-0.25, -0.2) is 0 Å². The van der Waals surface area contributed by atoms with Crippen LogP contribution in [0, 0.1) is 5.92 Å². The predicted molar refractivity (Wildman–Crippen MR) is 74.6 cm³/mol. The minimum atomic E-state index is -0.509. The Balaban J connectivity index is 1.67. The molecule has 3 fully saturated rings. The fourth-order valence-corrected chi connectivity index (χ4v) is 2.90. The Morgan fingerprint density at radius 1 is 1.14 bits per heavy atom. The highest BCUT2D eigenvalue weighted by Crippen LogP contribution is 2.22. The number of hydrogen-bond donors (Lipinski definition) is 2. The normalized spacial score (nSPS) is 33.0. The van der Waals surface area contributed by atoms with E-state index in [4.69, 9.17) is 9.47 Å². The summed E-state index contributed by atoms with van der Waals surface area (Å²) in [6, 6.07) is -0.200. The van der Waals surface area contributed by atoms with Crippen LogP contribution in [0.4, 0.5) is 0 Å². The average molecular weight is 297 g/mol. The third-order valence-electron chi connectivity index (χ3n) is 4.41. The maximum absolute atomic E-state index is 12.8. The lowest BCUT2D eigenvalue weighted by atomic mass is 10.0. The van der Waals surface area contributed by atoms with Crippen LogP contribution < -0.4 is 10.6 Å². The monoisotopic (exact) mass is 297 g/mol. The number of ether oxygens (including phenoxy) is 2. The molecular formula is C14H23N3O4. The minimum absolute atomic E-state index is 0.00824. The van der Waals surface area contributed by atoms with Crippen molar-refractivity contribution in [1.82, 2.24) is 15.5 Å². The smallest absolute Gasteiger partial charge is 0.245 e. The van der Waals surface area contributed by atoms with Crippen LogP contribution in [0.2, 0.25) is 0 Å². The Morgan fingerprint density at radius 2 is 1.95 bits per heavy atom. The fraction of sp³-hybridized carbons (Fsp3) is 0.857. The minimum Gasteiger partial charge on any atom is -0.379 e. The number of carbonyl (C=O) groups is 2. The van der Waals surface area contributed by atoms with Crippen LogP contribution in [0.3, 0.4) is 0 Å². The summed E-state index contributed by atoms with van der Waals surface area (Å²) in [5, 5.41) is 6.08. The van der Waals surface area contributed by atoms with Gasteiger partial charge < -0.3 is 25.0 Å². The van der Waals surface area contributed by atoms with Crippen molar-refractivity contribution in [2.75, 3.05) is 40.0 Å². The first-order chi connectivity index (χ1) is 10.2. The van der Waals surface area contributed by atoms with Crippen LogP contribution in [-0.2, 0) is 19.1 Å². The Hall–Kier alpha value is -1.18. The molecule has 2 aliphatic heterocycles. The molecule has 1 saturated carbocycles. The molecule has 3 aliphatic rings. The number of carbonyl (C=O) groups excluding carboxylic acids is 2. The molecule has 3 rings (SSSR count). The van der Waals surface area contributed by atoms with E-state index < -0.39 is 6.04 Å². The molecule has 21 heavy (non-hydrogen) atoms. The summed E-state index contributed by atoms with van der Waals surface area (Å²) in [7, 11) is 1.83. The average Bonchev–Trinajstić information content (AvgIpc) is 3.19. The maximum atomic E-state index is 12.8. The second kappa shape index (κ2) is 6.29. The molecule has 0 aromatic rings. The fourth-order valence-electron chi connectivity index (χ4n) is 2.90. The summed E-state index contributed by atoms with van der Waals surface area (Å²) in [6.07, 6.45) is 2.07. The summed E-state index contributed by atoms with van der Waals surface area (Å²) < 4.78 is 10.8. The van der Waals surface area contributed by atoms with E-state index in [9.17, 15) is 9.59 Å². The topological polar surface area (TPSA) is 79.9 Å². The van der Waals surface area contributed by atoms with Gasteiger partial charge in [-0.1, -0.05) is 0 Å². The van der Waals surface area contributed by atoms with Crippen LogP contribution in [0.15, 0.2) is 0 Å². The van der Waals surface area contributed by atoms with Gasteiger partial charge in [0.25, 0.3) is 0 Å². The second-order valence-corrected chi connectivity index (χ2v) is 5.94. The Morgan fingerprint density at radius 3 is 2.67 bits per heavy atom. The van der Waals surface area contributed by atoms with Crippen LogP contribution in [-0.4, -0.2) is 74.9 Å². The van der Waals surface area contributed by atoms with Gasteiger partial charge in [0.1, 0.15) is 6.04 Å². The molecule has 0 bridgehead atoms. The van der Waals surface area contributed by atoms with Gasteiger partial charge in [-0.05, 0) is 19.9 Å². The number of hydrogen-bond acceptors (Lipinski definition) is 5. The highest BCUT2D eigenvalue weighted by molar-refractivity contribution is 5.89. The lowest BCUT2D eigenvalue weighted by Gasteiger charge is -2.36. The zero-order valence-electron chi connectivity index (χ0n) is 12.3. The predicted octanol–water partition coefficient (Wildman–Crippen LogP) is -1.27. The van der Waals surface area contributed by atoms with E-state index in [0.29, 0.717) is 26.4 Å². The number of nitrogens with zero attached hydrogens (tertiary/aromatic N) is 1. The second-order valence-electron chi connectivity index (χ2n) is 5.94. The lowest BCUT2D eigenvalue weighted by molar-refractivity contribution is -0.152. The van der Waals surface area contributed by atoms with Gasteiger partial charge in [-0.15, -0.1) is 0 Å². The molecule has 3 unspecified atom stereocenters. The molecule has 0 aromatic heterocycles. The van der Waals surface area contributed by atoms with Crippen molar-refractivity contribution in [3.8, 4) is 0 Å². The molecule has 7 nitrogen and oxygen atoms in total. The zero-order chi connectivity index (χ0) is 14.8. The number of likely N-dealkylation sites (N-methyl/N-ethyl adjacent to an activating group) is 1. The van der Waals surface area contributed by atoms with E-state index in [1.807, 2.05) is 7.05 Å². The first-order valence-corrected chi connectivity index (χ1v) is 7.64. The molecule has 2 N–H and O–H groups in total. The Kier molecular flexibility index (Phi) is 4.42. The highest BCUT2D eigenvalue weighted by atomic mass is 16.5. The van der Waals surface area contributed by atoms with Crippen molar-refractivity contribution in [2.45, 2.75) is 31.0 Å². The molecule has 0 aromatic carbocycles. The van der Waals surface area contributed by atoms with Gasteiger partial charge in [0.15, 0.2) is 0 Å². The summed E-state index contributed by atoms with van der Waals surface area (Å²) in [5.74, 6) is -0.319. The van der Waals surface area contributed by atoms with Gasteiger partial charge in [0.05, 0.1) is 32.3 Å². The van der Waals surface area contributed by atoms with Crippen molar-refractivity contribution in [3.63, 3.8) is 0 Å². The van der Waals surface area contributed by atoms with Crippen LogP contribution in [0.1, 0.15) is 12.8 Å². The molecule has 1 aliphatic carbocycles. The van der Waals surface area contributed by atoms with Crippen molar-refractivity contribution in [3.05, 3.63) is 0 Å². The summed E-state index contributed by atoms with van der Waals surface area (Å²) in [6.45, 7) is 2.18. The standard InChI is InChI=1S/C14H23N3O4/c1-15-11-7-21-6-10(11)14(19)17-4-5-20-8-12(17)13(18)16-9-2-3-9/h9-12,15H,2-8H2,1H3,(H,16,18). The molecular weight excluding hydrogens is 274 g/mol. The molecule has 2 amide bonds. The number of nitrogens with one attached hydrogen (secondary N) is 2. The van der Waals surface area contributed by atoms with Crippen LogP contribution in [0.5, 0.6) is 0 Å². The van der Waals surface area contributed by atoms with Crippen molar-refractivity contribution >= 4 is 11.8 Å². The Bertz CT molecular complexity index is 413. The van der Waals surface area contributed by atoms with Crippen LogP contribution >= 0.6 is 0 Å². The van der Waals surface area contributed by atoms with E-state index >= 15 is 0 Å². The number of morpholine rings is 1. The molecule has 0 radical (unpaired) electrons.